The lowest BCUT2D eigenvalue weighted by Gasteiger charge is -2.18. The zero-order valence-corrected chi connectivity index (χ0v) is 16.9. The van der Waals surface area contributed by atoms with Gasteiger partial charge in [-0.15, -0.1) is 11.3 Å². The van der Waals surface area contributed by atoms with E-state index in [0.29, 0.717) is 18.1 Å². The molecule has 148 valence electrons. The van der Waals surface area contributed by atoms with Crippen molar-refractivity contribution in [2.45, 2.75) is 30.7 Å². The minimum absolute atomic E-state index is 0.344. The highest BCUT2D eigenvalue weighted by atomic mass is 32.2. The van der Waals surface area contributed by atoms with E-state index in [0.717, 1.165) is 23.9 Å². The number of hydrogen-bond acceptors (Lipinski definition) is 6. The molecule has 0 spiro atoms. The third-order valence-electron chi connectivity index (χ3n) is 4.02. The lowest BCUT2D eigenvalue weighted by atomic mass is 10.2. The summed E-state index contributed by atoms with van der Waals surface area (Å²) >= 11 is 1.42. The maximum Gasteiger partial charge on any atom is 0.243 e. The maximum absolute atomic E-state index is 13.9. The molecule has 9 heteroatoms. The fraction of sp³-hybridized carbons (Fsp3) is 0.263. The normalized spacial score (nSPS) is 12.6. The Morgan fingerprint density at radius 1 is 1.14 bits per heavy atom. The molecule has 0 amide bonds. The Hall–Kier alpha value is -2.36. The zero-order chi connectivity index (χ0) is 20.0. The van der Waals surface area contributed by atoms with Gasteiger partial charge >= 0.3 is 0 Å². The van der Waals surface area contributed by atoms with E-state index in [1.54, 1.807) is 6.20 Å². The lowest BCUT2D eigenvalue weighted by molar-refractivity contribution is 0.523. The molecule has 2 N–H and O–H groups in total. The van der Waals surface area contributed by atoms with E-state index < -0.39 is 21.9 Å². The van der Waals surface area contributed by atoms with Crippen LogP contribution in [0.2, 0.25) is 0 Å². The molecule has 0 aliphatic heterocycles. The molecule has 0 saturated heterocycles. The van der Waals surface area contributed by atoms with E-state index in [2.05, 4.69) is 20.0 Å². The Kier molecular flexibility index (Phi) is 6.71. The standard InChI is InChI=1S/C19H21FN4O2S2/c1-2-7-14(24-28(25,26)18-10-4-3-8-15(18)20)12-22-19-23-17(13-27-19)16-9-5-6-11-21-16/h3-6,8-11,13-14,24H,2,7,12H2,1H3,(H,22,23). The molecule has 3 rings (SSSR count). The van der Waals surface area contributed by atoms with Crippen molar-refractivity contribution in [3.8, 4) is 11.4 Å². The van der Waals surface area contributed by atoms with Gasteiger partial charge in [-0.2, -0.15) is 0 Å². The van der Waals surface area contributed by atoms with E-state index in [-0.39, 0.29) is 4.90 Å². The summed E-state index contributed by atoms with van der Waals surface area (Å²) in [5.74, 6) is -0.766. The van der Waals surface area contributed by atoms with Crippen LogP contribution in [0.1, 0.15) is 19.8 Å². The largest absolute Gasteiger partial charge is 0.360 e. The van der Waals surface area contributed by atoms with Gasteiger partial charge in [0.25, 0.3) is 0 Å². The highest BCUT2D eigenvalue weighted by molar-refractivity contribution is 7.89. The smallest absolute Gasteiger partial charge is 0.243 e. The molecule has 0 aliphatic rings. The molecular weight excluding hydrogens is 399 g/mol. The minimum Gasteiger partial charge on any atom is -0.360 e. The molecule has 1 aromatic carbocycles. The summed E-state index contributed by atoms with van der Waals surface area (Å²) in [6.07, 6.45) is 3.10. The number of nitrogens with one attached hydrogen (secondary N) is 2. The van der Waals surface area contributed by atoms with Crippen LogP contribution in [0.25, 0.3) is 11.4 Å². The molecule has 0 aliphatic carbocycles. The van der Waals surface area contributed by atoms with Gasteiger partial charge in [0.1, 0.15) is 16.4 Å². The molecule has 0 radical (unpaired) electrons. The molecule has 2 heterocycles. The maximum atomic E-state index is 13.9. The predicted molar refractivity (Wildman–Crippen MR) is 109 cm³/mol. The number of anilines is 1. The van der Waals surface area contributed by atoms with Crippen molar-refractivity contribution in [2.24, 2.45) is 0 Å². The summed E-state index contributed by atoms with van der Waals surface area (Å²) in [6.45, 7) is 2.31. The van der Waals surface area contributed by atoms with Gasteiger partial charge in [-0.05, 0) is 30.7 Å². The van der Waals surface area contributed by atoms with Gasteiger partial charge < -0.3 is 5.32 Å². The SMILES string of the molecule is CCCC(CNc1nc(-c2ccccn2)cs1)NS(=O)(=O)c1ccccc1F. The van der Waals surface area contributed by atoms with Crippen LogP contribution in [0.4, 0.5) is 9.52 Å². The Morgan fingerprint density at radius 3 is 2.64 bits per heavy atom. The van der Waals surface area contributed by atoms with Crippen LogP contribution in [-0.2, 0) is 10.0 Å². The van der Waals surface area contributed by atoms with Crippen LogP contribution in [0.15, 0.2) is 58.9 Å². The van der Waals surface area contributed by atoms with Crippen molar-refractivity contribution in [2.75, 3.05) is 11.9 Å². The van der Waals surface area contributed by atoms with Crippen LogP contribution < -0.4 is 10.0 Å². The van der Waals surface area contributed by atoms with Gasteiger partial charge in [0, 0.05) is 24.2 Å². The number of sulfonamides is 1. The first-order valence-electron chi connectivity index (χ1n) is 8.87. The average Bonchev–Trinajstić information content (AvgIpc) is 3.16. The van der Waals surface area contributed by atoms with Gasteiger partial charge in [-0.3, -0.25) is 4.98 Å². The van der Waals surface area contributed by atoms with Crippen LogP contribution >= 0.6 is 11.3 Å². The molecule has 6 nitrogen and oxygen atoms in total. The van der Waals surface area contributed by atoms with Crippen molar-refractivity contribution < 1.29 is 12.8 Å². The number of aromatic nitrogens is 2. The summed E-state index contributed by atoms with van der Waals surface area (Å²) in [5, 5.41) is 5.73. The lowest BCUT2D eigenvalue weighted by Crippen LogP contribution is -2.39. The second kappa shape index (κ2) is 9.22. The number of benzene rings is 1. The number of nitrogens with zero attached hydrogens (tertiary/aromatic N) is 2. The summed E-state index contributed by atoms with van der Waals surface area (Å²) in [6, 6.07) is 10.6. The van der Waals surface area contributed by atoms with E-state index in [1.807, 2.05) is 30.5 Å². The Morgan fingerprint density at radius 2 is 1.93 bits per heavy atom. The van der Waals surface area contributed by atoms with Crippen molar-refractivity contribution in [3.05, 3.63) is 59.9 Å². The molecule has 3 aromatic rings. The number of thiazole rings is 1. The number of hydrogen-bond donors (Lipinski definition) is 2. The van der Waals surface area contributed by atoms with E-state index >= 15 is 0 Å². The van der Waals surface area contributed by atoms with E-state index in [1.165, 1.54) is 29.5 Å². The van der Waals surface area contributed by atoms with E-state index in [9.17, 15) is 12.8 Å². The highest BCUT2D eigenvalue weighted by Gasteiger charge is 2.22. The fourth-order valence-corrected chi connectivity index (χ4v) is 4.76. The first-order chi connectivity index (χ1) is 13.5. The number of halogens is 1. The van der Waals surface area contributed by atoms with Gasteiger partial charge in [0.05, 0.1) is 5.69 Å². The predicted octanol–water partition coefficient (Wildman–Crippen LogP) is 3.90. The zero-order valence-electron chi connectivity index (χ0n) is 15.3. The first-order valence-corrected chi connectivity index (χ1v) is 11.2. The van der Waals surface area contributed by atoms with Crippen molar-refractivity contribution in [1.82, 2.24) is 14.7 Å². The van der Waals surface area contributed by atoms with Crippen molar-refractivity contribution >= 4 is 26.5 Å². The van der Waals surface area contributed by atoms with Crippen LogP contribution in [0.5, 0.6) is 0 Å². The third kappa shape index (κ3) is 5.12. The molecule has 0 fully saturated rings. The third-order valence-corrected chi connectivity index (χ3v) is 6.37. The molecule has 1 atom stereocenters. The monoisotopic (exact) mass is 420 g/mol. The molecular formula is C19H21FN4O2S2. The van der Waals surface area contributed by atoms with Crippen LogP contribution in [-0.4, -0.2) is 31.0 Å². The highest BCUT2D eigenvalue weighted by Crippen LogP contribution is 2.23. The topological polar surface area (TPSA) is 84.0 Å². The second-order valence-electron chi connectivity index (χ2n) is 6.17. The Labute approximate surface area is 167 Å². The van der Waals surface area contributed by atoms with Crippen molar-refractivity contribution in [3.63, 3.8) is 0 Å². The number of rotatable bonds is 9. The average molecular weight is 421 g/mol. The minimum atomic E-state index is -3.95. The van der Waals surface area contributed by atoms with Gasteiger partial charge in [0.2, 0.25) is 10.0 Å². The quantitative estimate of drug-likeness (QED) is 0.548. The van der Waals surface area contributed by atoms with Crippen LogP contribution in [0, 0.1) is 5.82 Å². The summed E-state index contributed by atoms with van der Waals surface area (Å²) < 4.78 is 41.6. The Bertz CT molecular complexity index is 1010. The molecule has 1 unspecified atom stereocenters. The Balaban J connectivity index is 1.67. The second-order valence-corrected chi connectivity index (χ2v) is 8.71. The van der Waals surface area contributed by atoms with Crippen LogP contribution in [0.3, 0.4) is 0 Å². The summed E-state index contributed by atoms with van der Waals surface area (Å²) in [4.78, 5) is 8.41. The van der Waals surface area contributed by atoms with Gasteiger partial charge in [0.15, 0.2) is 5.13 Å². The fourth-order valence-electron chi connectivity index (χ4n) is 2.69. The molecule has 2 aromatic heterocycles. The molecule has 0 saturated carbocycles. The molecule has 28 heavy (non-hydrogen) atoms. The number of pyridine rings is 1. The van der Waals surface area contributed by atoms with Crippen molar-refractivity contribution in [1.29, 1.82) is 0 Å². The van der Waals surface area contributed by atoms with Gasteiger partial charge in [-0.25, -0.2) is 22.5 Å². The summed E-state index contributed by atoms with van der Waals surface area (Å²) in [5.41, 5.74) is 1.53. The van der Waals surface area contributed by atoms with E-state index in [4.69, 9.17) is 0 Å². The first kappa shape index (κ1) is 20.4. The van der Waals surface area contributed by atoms with Gasteiger partial charge in [-0.1, -0.05) is 31.5 Å². The summed E-state index contributed by atoms with van der Waals surface area (Å²) in [7, 11) is -3.95. The molecule has 0 bridgehead atoms.